The van der Waals surface area contributed by atoms with Crippen LogP contribution in [0.5, 0.6) is 0 Å². The zero-order valence-corrected chi connectivity index (χ0v) is 15.9. The average Bonchev–Trinajstić information content (AvgIpc) is 3.21. The van der Waals surface area contributed by atoms with Gasteiger partial charge in [-0.15, -0.1) is 0 Å². The van der Waals surface area contributed by atoms with Gasteiger partial charge in [0, 0.05) is 19.6 Å². The predicted molar refractivity (Wildman–Crippen MR) is 101 cm³/mol. The Labute approximate surface area is 150 Å². The fourth-order valence-corrected chi connectivity index (χ4v) is 3.66. The Morgan fingerprint density at radius 3 is 2.68 bits per heavy atom. The molecule has 25 heavy (non-hydrogen) atoms. The summed E-state index contributed by atoms with van der Waals surface area (Å²) in [6.45, 7) is 9.66. The second kappa shape index (κ2) is 8.02. The first kappa shape index (κ1) is 18.0. The molecule has 1 aromatic heterocycles. The Balaban J connectivity index is 1.74. The lowest BCUT2D eigenvalue weighted by atomic mass is 10.1. The van der Waals surface area contributed by atoms with E-state index < -0.39 is 0 Å². The van der Waals surface area contributed by atoms with Gasteiger partial charge in [-0.1, -0.05) is 52.9 Å². The molecule has 2 aliphatic heterocycles. The number of amides is 1. The Hall–Kier alpha value is -1.85. The minimum absolute atomic E-state index is 0.0589. The molecule has 0 atom stereocenters. The Morgan fingerprint density at radius 1 is 1.16 bits per heavy atom. The van der Waals surface area contributed by atoms with E-state index in [1.807, 2.05) is 15.8 Å². The van der Waals surface area contributed by atoms with E-state index in [-0.39, 0.29) is 5.91 Å². The van der Waals surface area contributed by atoms with Crippen LogP contribution in [0.25, 0.3) is 0 Å². The summed E-state index contributed by atoms with van der Waals surface area (Å²) >= 11 is 0. The number of hydrogen-bond acceptors (Lipinski definition) is 4. The topological polar surface area (TPSA) is 53.7 Å². The van der Waals surface area contributed by atoms with Crippen molar-refractivity contribution in [2.24, 2.45) is 10.9 Å². The fourth-order valence-electron chi connectivity index (χ4n) is 3.66. The number of carbonyl (C=O) groups excluding carboxylic acids is 1. The number of aromatic nitrogens is 2. The lowest BCUT2D eigenvalue weighted by Crippen LogP contribution is -2.51. The Morgan fingerprint density at radius 2 is 1.92 bits per heavy atom. The van der Waals surface area contributed by atoms with Crippen LogP contribution in [0.3, 0.4) is 0 Å². The number of anilines is 1. The van der Waals surface area contributed by atoms with Crippen LogP contribution >= 0.6 is 0 Å². The summed E-state index contributed by atoms with van der Waals surface area (Å²) in [5.41, 5.74) is 0.737. The highest BCUT2D eigenvalue weighted by atomic mass is 16.2. The molecule has 0 unspecified atom stereocenters. The van der Waals surface area contributed by atoms with Crippen LogP contribution in [0.2, 0.25) is 0 Å². The van der Waals surface area contributed by atoms with Crippen LogP contribution in [0, 0.1) is 5.92 Å². The quantitative estimate of drug-likeness (QED) is 0.643. The fraction of sp³-hybridized carbons (Fsp3) is 0.737. The van der Waals surface area contributed by atoms with E-state index in [1.165, 1.54) is 32.1 Å². The number of guanidine groups is 1. The van der Waals surface area contributed by atoms with Gasteiger partial charge in [0.2, 0.25) is 5.96 Å². The van der Waals surface area contributed by atoms with Crippen LogP contribution < -0.4 is 4.90 Å². The molecule has 3 heterocycles. The minimum Gasteiger partial charge on any atom is -0.324 e. The highest BCUT2D eigenvalue weighted by molar-refractivity contribution is 6.17. The SMILES string of the molecule is CCCCCCCCN1C2=NCCN2C(=O)c2c1ncn2CC(C)C. The Bertz CT molecular complexity index is 634. The van der Waals surface area contributed by atoms with E-state index in [2.05, 4.69) is 35.6 Å². The summed E-state index contributed by atoms with van der Waals surface area (Å²) in [7, 11) is 0. The number of aliphatic imine (C=N–C) groups is 1. The first-order chi connectivity index (χ1) is 12.1. The average molecular weight is 345 g/mol. The maximum atomic E-state index is 12.9. The van der Waals surface area contributed by atoms with Crippen molar-refractivity contribution in [3.63, 3.8) is 0 Å². The summed E-state index contributed by atoms with van der Waals surface area (Å²) in [6, 6.07) is 0. The van der Waals surface area contributed by atoms with Gasteiger partial charge in [-0.05, 0) is 12.3 Å². The first-order valence-electron chi connectivity index (χ1n) is 9.82. The second-order valence-electron chi connectivity index (χ2n) is 7.52. The molecular weight excluding hydrogens is 314 g/mol. The highest BCUT2D eigenvalue weighted by Crippen LogP contribution is 2.30. The number of fused-ring (bicyclic) bond motifs is 2. The van der Waals surface area contributed by atoms with Crippen molar-refractivity contribution in [1.29, 1.82) is 0 Å². The molecule has 2 aliphatic rings. The van der Waals surface area contributed by atoms with E-state index in [9.17, 15) is 4.79 Å². The summed E-state index contributed by atoms with van der Waals surface area (Å²) in [6.07, 6.45) is 9.35. The number of rotatable bonds is 9. The van der Waals surface area contributed by atoms with Gasteiger partial charge >= 0.3 is 0 Å². The molecular formula is C19H31N5O. The van der Waals surface area contributed by atoms with Crippen molar-refractivity contribution in [2.45, 2.75) is 65.8 Å². The van der Waals surface area contributed by atoms with E-state index in [0.29, 0.717) is 19.0 Å². The first-order valence-corrected chi connectivity index (χ1v) is 9.82. The number of imidazole rings is 1. The number of carbonyl (C=O) groups is 1. The maximum Gasteiger partial charge on any atom is 0.281 e. The largest absolute Gasteiger partial charge is 0.324 e. The third-order valence-electron chi connectivity index (χ3n) is 4.88. The molecule has 6 heteroatoms. The number of hydrogen-bond donors (Lipinski definition) is 0. The van der Waals surface area contributed by atoms with Crippen LogP contribution in [-0.2, 0) is 6.54 Å². The molecule has 0 radical (unpaired) electrons. The molecule has 0 aliphatic carbocycles. The maximum absolute atomic E-state index is 12.9. The van der Waals surface area contributed by atoms with Crippen molar-refractivity contribution in [3.05, 3.63) is 12.0 Å². The standard InChI is InChI=1S/C19H31N5O/c1-4-5-6-7-8-9-11-23-17-16(22(14-21-17)13-15(2)3)18(25)24-12-10-20-19(23)24/h14-15H,4-13H2,1-3H3. The molecule has 0 saturated carbocycles. The minimum atomic E-state index is 0.0589. The van der Waals surface area contributed by atoms with E-state index in [4.69, 9.17) is 0 Å². The van der Waals surface area contributed by atoms with Gasteiger partial charge in [-0.3, -0.25) is 19.6 Å². The van der Waals surface area contributed by atoms with Gasteiger partial charge in [0.05, 0.1) is 12.9 Å². The van der Waals surface area contributed by atoms with E-state index >= 15 is 0 Å². The summed E-state index contributed by atoms with van der Waals surface area (Å²) in [5, 5.41) is 0. The summed E-state index contributed by atoms with van der Waals surface area (Å²) in [5.74, 6) is 2.15. The zero-order valence-electron chi connectivity index (χ0n) is 15.9. The number of unbranched alkanes of at least 4 members (excludes halogenated alkanes) is 5. The molecule has 0 fully saturated rings. The molecule has 0 bridgehead atoms. The third kappa shape index (κ3) is 3.72. The lowest BCUT2D eigenvalue weighted by Gasteiger charge is -2.34. The van der Waals surface area contributed by atoms with Gasteiger partial charge in [-0.2, -0.15) is 0 Å². The van der Waals surface area contributed by atoms with Crippen molar-refractivity contribution < 1.29 is 4.79 Å². The monoisotopic (exact) mass is 345 g/mol. The van der Waals surface area contributed by atoms with Gasteiger partial charge in [0.25, 0.3) is 5.91 Å². The molecule has 0 spiro atoms. The van der Waals surface area contributed by atoms with Crippen molar-refractivity contribution in [2.75, 3.05) is 24.5 Å². The predicted octanol–water partition coefficient (Wildman–Crippen LogP) is 3.53. The van der Waals surface area contributed by atoms with E-state index in [1.54, 1.807) is 0 Å². The third-order valence-corrected chi connectivity index (χ3v) is 4.88. The number of nitrogens with zero attached hydrogens (tertiary/aromatic N) is 5. The molecule has 0 saturated heterocycles. The van der Waals surface area contributed by atoms with Crippen molar-refractivity contribution in [3.8, 4) is 0 Å². The van der Waals surface area contributed by atoms with Crippen LogP contribution in [0.15, 0.2) is 11.3 Å². The summed E-state index contributed by atoms with van der Waals surface area (Å²) < 4.78 is 2.02. The van der Waals surface area contributed by atoms with Gasteiger partial charge in [0.15, 0.2) is 11.5 Å². The summed E-state index contributed by atoms with van der Waals surface area (Å²) in [4.78, 5) is 26.1. The van der Waals surface area contributed by atoms with Crippen LogP contribution in [-0.4, -0.2) is 46.0 Å². The van der Waals surface area contributed by atoms with Gasteiger partial charge in [-0.25, -0.2) is 4.98 Å². The zero-order chi connectivity index (χ0) is 17.8. The van der Waals surface area contributed by atoms with Crippen LogP contribution in [0.4, 0.5) is 5.82 Å². The highest BCUT2D eigenvalue weighted by Gasteiger charge is 2.40. The van der Waals surface area contributed by atoms with Crippen LogP contribution in [0.1, 0.15) is 69.8 Å². The smallest absolute Gasteiger partial charge is 0.281 e. The molecule has 3 rings (SSSR count). The second-order valence-corrected chi connectivity index (χ2v) is 7.52. The Kier molecular flexibility index (Phi) is 5.76. The van der Waals surface area contributed by atoms with Gasteiger partial charge in [0.1, 0.15) is 0 Å². The molecule has 138 valence electrons. The lowest BCUT2D eigenvalue weighted by molar-refractivity contribution is 0.0840. The molecule has 1 aromatic rings. The van der Waals surface area contributed by atoms with E-state index in [0.717, 1.165) is 37.0 Å². The van der Waals surface area contributed by atoms with Crippen molar-refractivity contribution >= 4 is 17.7 Å². The molecule has 1 amide bonds. The molecule has 0 aromatic carbocycles. The normalized spacial score (nSPS) is 16.5. The molecule has 6 nitrogen and oxygen atoms in total. The van der Waals surface area contributed by atoms with Gasteiger partial charge < -0.3 is 4.57 Å². The van der Waals surface area contributed by atoms with Crippen molar-refractivity contribution in [1.82, 2.24) is 14.5 Å². The molecule has 0 N–H and O–H groups in total.